The highest BCUT2D eigenvalue weighted by molar-refractivity contribution is 6.14. The lowest BCUT2D eigenvalue weighted by atomic mass is 9.95. The molecule has 3 aromatic heterocycles. The van der Waals surface area contributed by atoms with E-state index in [2.05, 4.69) is 91.0 Å². The summed E-state index contributed by atoms with van der Waals surface area (Å²) in [5.74, 6) is 0. The van der Waals surface area contributed by atoms with Crippen molar-refractivity contribution in [1.82, 2.24) is 15.0 Å². The number of pyridine rings is 1. The van der Waals surface area contributed by atoms with Crippen LogP contribution in [-0.4, -0.2) is 15.0 Å². The molecule has 6 aromatic carbocycles. The zero-order valence-electron chi connectivity index (χ0n) is 21.9. The largest absolute Gasteiger partial charge is 0.456 e. The van der Waals surface area contributed by atoms with Crippen molar-refractivity contribution in [3.8, 4) is 22.3 Å². The van der Waals surface area contributed by atoms with Crippen molar-refractivity contribution in [3.63, 3.8) is 0 Å². The Kier molecular flexibility index (Phi) is 4.58. The number of para-hydroxylation sites is 2. The first kappa shape index (κ1) is 22.2. The second kappa shape index (κ2) is 8.44. The molecule has 0 atom stereocenters. The summed E-state index contributed by atoms with van der Waals surface area (Å²) >= 11 is 0. The van der Waals surface area contributed by atoms with E-state index in [0.717, 1.165) is 71.6 Å². The van der Waals surface area contributed by atoms with E-state index < -0.39 is 0 Å². The lowest BCUT2D eigenvalue weighted by molar-refractivity contribution is 0.669. The zero-order chi connectivity index (χ0) is 26.9. The minimum atomic E-state index is 0.873. The van der Waals surface area contributed by atoms with Gasteiger partial charge in [-0.25, -0.2) is 9.97 Å². The predicted octanol–water partition coefficient (Wildman–Crippen LogP) is 9.72. The van der Waals surface area contributed by atoms with Gasteiger partial charge in [0, 0.05) is 27.7 Å². The van der Waals surface area contributed by atoms with E-state index >= 15 is 0 Å². The number of nitrogens with zero attached hydrogens (tertiary/aromatic N) is 3. The molecule has 4 nitrogen and oxygen atoms in total. The van der Waals surface area contributed by atoms with Crippen LogP contribution in [0.4, 0.5) is 0 Å². The highest BCUT2D eigenvalue weighted by atomic mass is 16.3. The van der Waals surface area contributed by atoms with E-state index in [1.54, 1.807) is 0 Å². The molecule has 0 bridgehead atoms. The van der Waals surface area contributed by atoms with Crippen molar-refractivity contribution in [3.05, 3.63) is 128 Å². The fourth-order valence-electron chi connectivity index (χ4n) is 6.08. The van der Waals surface area contributed by atoms with Gasteiger partial charge >= 0.3 is 0 Å². The van der Waals surface area contributed by atoms with Gasteiger partial charge in [0.05, 0.1) is 27.6 Å². The Morgan fingerprint density at radius 3 is 1.98 bits per heavy atom. The molecule has 9 rings (SSSR count). The van der Waals surface area contributed by atoms with E-state index in [1.165, 1.54) is 16.3 Å². The number of benzene rings is 6. The van der Waals surface area contributed by atoms with Crippen LogP contribution >= 0.6 is 0 Å². The van der Waals surface area contributed by atoms with Crippen molar-refractivity contribution < 1.29 is 4.42 Å². The highest BCUT2D eigenvalue weighted by Crippen LogP contribution is 2.38. The molecule has 4 heteroatoms. The summed E-state index contributed by atoms with van der Waals surface area (Å²) in [4.78, 5) is 14.4. The minimum absolute atomic E-state index is 0.873. The zero-order valence-corrected chi connectivity index (χ0v) is 21.9. The molecular weight excluding hydrogens is 502 g/mol. The molecule has 3 heterocycles. The maximum atomic E-state index is 6.28. The molecule has 190 valence electrons. The van der Waals surface area contributed by atoms with Gasteiger partial charge in [0.25, 0.3) is 0 Å². The molecule has 0 aliphatic heterocycles. The molecule has 0 saturated carbocycles. The summed E-state index contributed by atoms with van der Waals surface area (Å²) in [5.41, 5.74) is 10.9. The maximum Gasteiger partial charge on any atom is 0.135 e. The third kappa shape index (κ3) is 3.44. The van der Waals surface area contributed by atoms with Crippen LogP contribution in [0.25, 0.3) is 87.9 Å². The number of rotatable bonds is 2. The fourth-order valence-corrected chi connectivity index (χ4v) is 6.08. The van der Waals surface area contributed by atoms with Crippen LogP contribution in [0.3, 0.4) is 0 Å². The summed E-state index contributed by atoms with van der Waals surface area (Å²) in [7, 11) is 0. The Bertz CT molecular complexity index is 2490. The van der Waals surface area contributed by atoms with Crippen LogP contribution < -0.4 is 0 Å². The van der Waals surface area contributed by atoms with Gasteiger partial charge < -0.3 is 4.42 Å². The number of furan rings is 1. The van der Waals surface area contributed by atoms with E-state index in [1.807, 2.05) is 36.5 Å². The first-order valence-electron chi connectivity index (χ1n) is 13.7. The summed E-state index contributed by atoms with van der Waals surface area (Å²) in [6.07, 6.45) is 1.87. The van der Waals surface area contributed by atoms with Gasteiger partial charge in [-0.2, -0.15) is 0 Å². The normalized spacial score (nSPS) is 11.9. The Morgan fingerprint density at radius 2 is 1.12 bits per heavy atom. The predicted molar refractivity (Wildman–Crippen MR) is 168 cm³/mol. The van der Waals surface area contributed by atoms with E-state index in [4.69, 9.17) is 19.4 Å². The van der Waals surface area contributed by atoms with Crippen molar-refractivity contribution >= 4 is 65.7 Å². The second-order valence-corrected chi connectivity index (χ2v) is 10.5. The van der Waals surface area contributed by atoms with Crippen molar-refractivity contribution in [2.45, 2.75) is 0 Å². The summed E-state index contributed by atoms with van der Waals surface area (Å²) in [6.45, 7) is 0. The first-order valence-corrected chi connectivity index (χ1v) is 13.7. The molecule has 0 N–H and O–H groups in total. The maximum absolute atomic E-state index is 6.28. The number of hydrogen-bond donors (Lipinski definition) is 0. The Morgan fingerprint density at radius 1 is 0.463 bits per heavy atom. The van der Waals surface area contributed by atoms with Crippen LogP contribution in [0.15, 0.2) is 132 Å². The molecule has 0 fully saturated rings. The standard InChI is InChI=1S/C37H21N3O/c1-2-9-31-30(8-1)39-32-15-12-25(21-33(32)40-31)24-13-16-34-28(19-24)29-20-26(14-17-35(29)41-34)27-7-3-5-22-10-11-23-6-4-18-38-37(23)36(22)27/h1-21H. The van der Waals surface area contributed by atoms with Gasteiger partial charge in [0.2, 0.25) is 0 Å². The van der Waals surface area contributed by atoms with Crippen LogP contribution in [0.5, 0.6) is 0 Å². The summed E-state index contributed by atoms with van der Waals surface area (Å²) in [5, 5.41) is 5.67. The van der Waals surface area contributed by atoms with Gasteiger partial charge in [0.15, 0.2) is 0 Å². The van der Waals surface area contributed by atoms with E-state index in [-0.39, 0.29) is 0 Å². The average Bonchev–Trinajstić information content (AvgIpc) is 3.40. The van der Waals surface area contributed by atoms with Crippen LogP contribution in [-0.2, 0) is 0 Å². The summed E-state index contributed by atoms with van der Waals surface area (Å²) in [6, 6.07) is 42.1. The van der Waals surface area contributed by atoms with Gasteiger partial charge in [-0.1, -0.05) is 66.7 Å². The molecule has 0 unspecified atom stereocenters. The monoisotopic (exact) mass is 523 g/mol. The third-order valence-electron chi connectivity index (χ3n) is 8.07. The van der Waals surface area contributed by atoms with E-state index in [9.17, 15) is 0 Å². The minimum Gasteiger partial charge on any atom is -0.456 e. The molecule has 0 saturated heterocycles. The Balaban J connectivity index is 1.22. The smallest absolute Gasteiger partial charge is 0.135 e. The average molecular weight is 524 g/mol. The number of fused-ring (bicyclic) bond motifs is 8. The van der Waals surface area contributed by atoms with Gasteiger partial charge in [-0.05, 0) is 82.2 Å². The molecule has 0 aliphatic carbocycles. The van der Waals surface area contributed by atoms with Crippen molar-refractivity contribution in [2.75, 3.05) is 0 Å². The quantitative estimate of drug-likeness (QED) is 0.167. The molecule has 0 amide bonds. The molecule has 0 spiro atoms. The molecule has 9 aromatic rings. The topological polar surface area (TPSA) is 51.8 Å². The van der Waals surface area contributed by atoms with Crippen molar-refractivity contribution in [2.24, 2.45) is 0 Å². The molecule has 41 heavy (non-hydrogen) atoms. The molecule has 0 radical (unpaired) electrons. The number of aromatic nitrogens is 3. The lowest BCUT2D eigenvalue weighted by Gasteiger charge is -2.10. The van der Waals surface area contributed by atoms with Crippen molar-refractivity contribution in [1.29, 1.82) is 0 Å². The van der Waals surface area contributed by atoms with E-state index in [0.29, 0.717) is 0 Å². The molecular formula is C37H21N3O. The Labute approximate surface area is 234 Å². The lowest BCUT2D eigenvalue weighted by Crippen LogP contribution is -1.88. The highest BCUT2D eigenvalue weighted by Gasteiger charge is 2.14. The Hall–Kier alpha value is -5.61. The third-order valence-corrected chi connectivity index (χ3v) is 8.07. The first-order chi connectivity index (χ1) is 20.3. The van der Waals surface area contributed by atoms with Crippen LogP contribution in [0.1, 0.15) is 0 Å². The fraction of sp³-hybridized carbons (Fsp3) is 0. The summed E-state index contributed by atoms with van der Waals surface area (Å²) < 4.78 is 6.28. The van der Waals surface area contributed by atoms with Gasteiger partial charge in [-0.3, -0.25) is 4.98 Å². The van der Waals surface area contributed by atoms with Gasteiger partial charge in [-0.15, -0.1) is 0 Å². The molecule has 0 aliphatic rings. The van der Waals surface area contributed by atoms with Gasteiger partial charge in [0.1, 0.15) is 11.2 Å². The SMILES string of the molecule is c1cnc2c(c1)ccc1cccc(-c3ccc4oc5ccc(-c6ccc7nc8ccccc8nc7c6)cc5c4c3)c12. The number of hydrogen-bond acceptors (Lipinski definition) is 4. The van der Waals surface area contributed by atoms with Crippen LogP contribution in [0, 0.1) is 0 Å². The van der Waals surface area contributed by atoms with Crippen LogP contribution in [0.2, 0.25) is 0 Å². The second-order valence-electron chi connectivity index (χ2n) is 10.5.